The molecule has 20 heavy (non-hydrogen) atoms. The van der Waals surface area contributed by atoms with Crippen LogP contribution in [0.25, 0.3) is 0 Å². The number of thiophene rings is 1. The highest BCUT2D eigenvalue weighted by Crippen LogP contribution is 2.28. The van der Waals surface area contributed by atoms with Crippen LogP contribution in [0, 0.1) is 10.1 Å². The number of nitrogens with zero attached hydrogens (tertiary/aromatic N) is 2. The van der Waals surface area contributed by atoms with Crippen LogP contribution in [-0.4, -0.2) is 16.4 Å². The molecule has 0 atom stereocenters. The normalized spacial score (nSPS) is 15.1. The molecule has 4 nitrogen and oxygen atoms in total. The van der Waals surface area contributed by atoms with Crippen LogP contribution in [0.4, 0.5) is 5.69 Å². The first kappa shape index (κ1) is 13.5. The van der Waals surface area contributed by atoms with E-state index in [0.29, 0.717) is 11.6 Å². The van der Waals surface area contributed by atoms with E-state index in [1.54, 1.807) is 23.5 Å². The van der Waals surface area contributed by atoms with Crippen LogP contribution >= 0.6 is 22.9 Å². The molecular formula is C14H13ClN2O2S. The van der Waals surface area contributed by atoms with Crippen molar-refractivity contribution in [1.82, 2.24) is 4.90 Å². The monoisotopic (exact) mass is 308 g/mol. The third-order valence-corrected chi connectivity index (χ3v) is 4.91. The number of fused-ring (bicyclic) bond motifs is 1. The highest BCUT2D eigenvalue weighted by atomic mass is 35.5. The molecule has 104 valence electrons. The van der Waals surface area contributed by atoms with Crippen LogP contribution in [0.2, 0.25) is 5.02 Å². The lowest BCUT2D eigenvalue weighted by atomic mass is 10.1. The summed E-state index contributed by atoms with van der Waals surface area (Å²) in [5.41, 5.74) is 2.28. The summed E-state index contributed by atoms with van der Waals surface area (Å²) >= 11 is 7.95. The number of halogens is 1. The van der Waals surface area contributed by atoms with Gasteiger partial charge in [0.05, 0.1) is 4.92 Å². The summed E-state index contributed by atoms with van der Waals surface area (Å²) in [5, 5.41) is 13.5. The highest BCUT2D eigenvalue weighted by molar-refractivity contribution is 7.10. The molecule has 0 radical (unpaired) electrons. The molecule has 1 aromatic carbocycles. The molecule has 0 saturated carbocycles. The molecule has 0 saturated heterocycles. The number of nitro groups is 1. The summed E-state index contributed by atoms with van der Waals surface area (Å²) in [6.07, 6.45) is 1.04. The Bertz CT molecular complexity index is 656. The minimum atomic E-state index is -0.382. The molecule has 0 unspecified atom stereocenters. The zero-order valence-electron chi connectivity index (χ0n) is 10.7. The fourth-order valence-corrected chi connectivity index (χ4v) is 3.55. The van der Waals surface area contributed by atoms with Gasteiger partial charge in [-0.1, -0.05) is 11.6 Å². The predicted molar refractivity (Wildman–Crippen MR) is 80.2 cm³/mol. The fourth-order valence-electron chi connectivity index (χ4n) is 2.48. The molecule has 3 rings (SSSR count). The van der Waals surface area contributed by atoms with E-state index in [1.807, 2.05) is 0 Å². The van der Waals surface area contributed by atoms with Crippen molar-refractivity contribution >= 4 is 28.6 Å². The van der Waals surface area contributed by atoms with Gasteiger partial charge in [-0.15, -0.1) is 11.3 Å². The maximum Gasteiger partial charge on any atom is 0.269 e. The summed E-state index contributed by atoms with van der Waals surface area (Å²) in [4.78, 5) is 14.2. The molecule has 1 aliphatic rings. The standard InChI is InChI=1S/C14H13ClN2O2S/c15-13-2-1-12(17(18)19)7-11(13)9-16-5-3-14-10(8-16)4-6-20-14/h1-2,4,6-7H,3,5,8-9H2. The fraction of sp³-hybridized carbons (Fsp3) is 0.286. The third-order valence-electron chi connectivity index (χ3n) is 3.52. The second-order valence-corrected chi connectivity index (χ2v) is 6.27. The van der Waals surface area contributed by atoms with Crippen LogP contribution in [-0.2, 0) is 19.5 Å². The maximum atomic E-state index is 10.8. The third kappa shape index (κ3) is 2.70. The number of nitro benzene ring substituents is 1. The van der Waals surface area contributed by atoms with Gasteiger partial charge >= 0.3 is 0 Å². The van der Waals surface area contributed by atoms with E-state index < -0.39 is 0 Å². The largest absolute Gasteiger partial charge is 0.294 e. The lowest BCUT2D eigenvalue weighted by Crippen LogP contribution is -2.29. The van der Waals surface area contributed by atoms with Gasteiger partial charge in [-0.25, -0.2) is 0 Å². The van der Waals surface area contributed by atoms with Crippen molar-refractivity contribution in [3.8, 4) is 0 Å². The molecule has 0 bridgehead atoms. The average Bonchev–Trinajstić information content (AvgIpc) is 2.88. The summed E-state index contributed by atoms with van der Waals surface area (Å²) in [6.45, 7) is 2.50. The minimum Gasteiger partial charge on any atom is -0.294 e. The summed E-state index contributed by atoms with van der Waals surface area (Å²) in [5.74, 6) is 0. The average molecular weight is 309 g/mol. The van der Waals surface area contributed by atoms with Crippen LogP contribution < -0.4 is 0 Å². The topological polar surface area (TPSA) is 46.4 Å². The Hall–Kier alpha value is -1.43. The van der Waals surface area contributed by atoms with E-state index in [-0.39, 0.29) is 10.6 Å². The van der Waals surface area contributed by atoms with Crippen LogP contribution in [0.5, 0.6) is 0 Å². The first-order valence-electron chi connectivity index (χ1n) is 6.34. The zero-order chi connectivity index (χ0) is 14.1. The smallest absolute Gasteiger partial charge is 0.269 e. The van der Waals surface area contributed by atoms with Crippen LogP contribution in [0.3, 0.4) is 0 Å². The summed E-state index contributed by atoms with van der Waals surface area (Å²) < 4.78 is 0. The van der Waals surface area contributed by atoms with Crippen molar-refractivity contribution in [3.63, 3.8) is 0 Å². The van der Waals surface area contributed by atoms with Crippen LogP contribution in [0.1, 0.15) is 16.0 Å². The summed E-state index contributed by atoms with van der Waals surface area (Å²) in [7, 11) is 0. The van der Waals surface area contributed by atoms with Gasteiger partial charge in [-0.3, -0.25) is 15.0 Å². The number of non-ortho nitro benzene ring substituents is 1. The first-order chi connectivity index (χ1) is 9.63. The van der Waals surface area contributed by atoms with Gasteiger partial charge in [-0.2, -0.15) is 0 Å². The van der Waals surface area contributed by atoms with Gasteiger partial charge in [-0.05, 0) is 35.1 Å². The van der Waals surface area contributed by atoms with Crippen molar-refractivity contribution in [1.29, 1.82) is 0 Å². The number of hydrogen-bond donors (Lipinski definition) is 0. The van der Waals surface area contributed by atoms with E-state index in [2.05, 4.69) is 16.3 Å². The first-order valence-corrected chi connectivity index (χ1v) is 7.59. The Labute approximate surface area is 125 Å². The van der Waals surface area contributed by atoms with Gasteiger partial charge in [0.1, 0.15) is 0 Å². The van der Waals surface area contributed by atoms with Crippen molar-refractivity contribution in [2.45, 2.75) is 19.5 Å². The van der Waals surface area contributed by atoms with Crippen molar-refractivity contribution in [3.05, 3.63) is 60.8 Å². The van der Waals surface area contributed by atoms with Crippen molar-refractivity contribution in [2.75, 3.05) is 6.54 Å². The molecular weight excluding hydrogens is 296 g/mol. The quantitative estimate of drug-likeness (QED) is 0.639. The Balaban J connectivity index is 1.78. The molecule has 2 heterocycles. The number of hydrogen-bond acceptors (Lipinski definition) is 4. The summed E-state index contributed by atoms with van der Waals surface area (Å²) in [6, 6.07) is 6.78. The van der Waals surface area contributed by atoms with E-state index in [0.717, 1.165) is 25.1 Å². The lowest BCUT2D eigenvalue weighted by Gasteiger charge is -2.27. The molecule has 0 fully saturated rings. The second kappa shape index (κ2) is 5.52. The SMILES string of the molecule is O=[N+]([O-])c1ccc(Cl)c(CN2CCc3sccc3C2)c1. The molecule has 0 spiro atoms. The Morgan fingerprint density at radius 1 is 1.40 bits per heavy atom. The molecule has 1 aliphatic heterocycles. The molecule has 2 aromatic rings. The highest BCUT2D eigenvalue weighted by Gasteiger charge is 2.19. The van der Waals surface area contributed by atoms with E-state index >= 15 is 0 Å². The van der Waals surface area contributed by atoms with Crippen LogP contribution in [0.15, 0.2) is 29.6 Å². The Morgan fingerprint density at radius 2 is 2.25 bits per heavy atom. The molecule has 0 amide bonds. The minimum absolute atomic E-state index is 0.0950. The lowest BCUT2D eigenvalue weighted by molar-refractivity contribution is -0.384. The molecule has 6 heteroatoms. The number of rotatable bonds is 3. The van der Waals surface area contributed by atoms with Gasteiger partial charge in [0.25, 0.3) is 5.69 Å². The van der Waals surface area contributed by atoms with E-state index in [9.17, 15) is 10.1 Å². The molecule has 0 aliphatic carbocycles. The van der Waals surface area contributed by atoms with Crippen molar-refractivity contribution in [2.24, 2.45) is 0 Å². The molecule has 1 aromatic heterocycles. The van der Waals surface area contributed by atoms with Crippen molar-refractivity contribution < 1.29 is 4.92 Å². The molecule has 0 N–H and O–H groups in total. The Morgan fingerprint density at radius 3 is 3.05 bits per heavy atom. The maximum absolute atomic E-state index is 10.8. The van der Waals surface area contributed by atoms with Gasteiger partial charge in [0.15, 0.2) is 0 Å². The Kier molecular flexibility index (Phi) is 3.74. The van der Waals surface area contributed by atoms with Gasteiger partial charge in [0.2, 0.25) is 0 Å². The second-order valence-electron chi connectivity index (χ2n) is 4.86. The predicted octanol–water partition coefficient (Wildman–Crippen LogP) is 3.87. The van der Waals surface area contributed by atoms with Gasteiger partial charge < -0.3 is 0 Å². The van der Waals surface area contributed by atoms with E-state index in [4.69, 9.17) is 11.6 Å². The van der Waals surface area contributed by atoms with Gasteiger partial charge in [0, 0.05) is 41.7 Å². The van der Waals surface area contributed by atoms with E-state index in [1.165, 1.54) is 16.5 Å². The zero-order valence-corrected chi connectivity index (χ0v) is 12.3. The number of benzene rings is 1.